The second-order valence-corrected chi connectivity index (χ2v) is 6.28. The van der Waals surface area contributed by atoms with Crippen LogP contribution in [0.4, 0.5) is 0 Å². The van der Waals surface area contributed by atoms with Crippen molar-refractivity contribution in [3.63, 3.8) is 0 Å². The van der Waals surface area contributed by atoms with Gasteiger partial charge in [0.2, 0.25) is 0 Å². The molecule has 1 saturated heterocycles. The first-order valence-electron chi connectivity index (χ1n) is 8.20. The topological polar surface area (TPSA) is 39.1 Å². The van der Waals surface area contributed by atoms with Crippen LogP contribution in [0.2, 0.25) is 0 Å². The Morgan fingerprint density at radius 2 is 1.84 bits per heavy atom. The normalized spacial score (nSPS) is 34.2. The summed E-state index contributed by atoms with van der Waals surface area (Å²) in [5.41, 5.74) is -0.250. The highest BCUT2D eigenvalue weighted by atomic mass is 15.2. The Kier molecular flexibility index (Phi) is 5.66. The molecule has 2 atom stereocenters. The van der Waals surface area contributed by atoms with Gasteiger partial charge in [-0.1, -0.05) is 26.2 Å². The van der Waals surface area contributed by atoms with E-state index in [0.717, 1.165) is 19.4 Å². The van der Waals surface area contributed by atoms with Crippen LogP contribution in [0, 0.1) is 11.3 Å². The number of hydrogen-bond acceptors (Lipinski definition) is 3. The van der Waals surface area contributed by atoms with Gasteiger partial charge in [-0.15, -0.1) is 0 Å². The van der Waals surface area contributed by atoms with E-state index < -0.39 is 0 Å². The zero-order valence-electron chi connectivity index (χ0n) is 12.5. The Morgan fingerprint density at radius 1 is 1.16 bits per heavy atom. The van der Waals surface area contributed by atoms with Crippen LogP contribution in [0.25, 0.3) is 0 Å². The van der Waals surface area contributed by atoms with Gasteiger partial charge in [0.1, 0.15) is 5.54 Å². The molecule has 108 valence electrons. The Hall–Kier alpha value is -0.590. The molecule has 0 amide bonds. The van der Waals surface area contributed by atoms with Gasteiger partial charge in [0, 0.05) is 6.04 Å². The molecule has 0 aromatic carbocycles. The van der Waals surface area contributed by atoms with E-state index in [0.29, 0.717) is 6.04 Å². The van der Waals surface area contributed by atoms with Crippen LogP contribution in [-0.4, -0.2) is 36.1 Å². The third kappa shape index (κ3) is 3.94. The molecular weight excluding hydrogens is 234 g/mol. The molecule has 3 nitrogen and oxygen atoms in total. The maximum Gasteiger partial charge on any atom is 0.108 e. The predicted molar refractivity (Wildman–Crippen MR) is 78.9 cm³/mol. The number of rotatable bonds is 3. The first-order chi connectivity index (χ1) is 9.29. The summed E-state index contributed by atoms with van der Waals surface area (Å²) in [5, 5.41) is 13.0. The molecule has 0 aromatic heterocycles. The third-order valence-electron chi connectivity index (χ3n) is 4.86. The summed E-state index contributed by atoms with van der Waals surface area (Å²) in [5.74, 6) is 0. The Labute approximate surface area is 118 Å². The number of likely N-dealkylation sites (tertiary alicyclic amines) is 1. The minimum absolute atomic E-state index is 0.250. The molecule has 0 bridgehead atoms. The molecule has 1 aliphatic carbocycles. The largest absolute Gasteiger partial charge is 0.300 e. The average Bonchev–Trinajstić information content (AvgIpc) is 2.39. The number of nitrogens with one attached hydrogen (secondary N) is 1. The van der Waals surface area contributed by atoms with Crippen molar-refractivity contribution in [3.8, 4) is 6.07 Å². The van der Waals surface area contributed by atoms with Crippen LogP contribution in [0.5, 0.6) is 0 Å². The maximum atomic E-state index is 9.56. The van der Waals surface area contributed by atoms with Crippen LogP contribution < -0.4 is 5.32 Å². The summed E-state index contributed by atoms with van der Waals surface area (Å²) < 4.78 is 0. The Balaban J connectivity index is 1.97. The highest BCUT2D eigenvalue weighted by Crippen LogP contribution is 2.31. The zero-order valence-corrected chi connectivity index (χ0v) is 12.5. The van der Waals surface area contributed by atoms with Gasteiger partial charge < -0.3 is 4.90 Å². The minimum Gasteiger partial charge on any atom is -0.300 e. The quantitative estimate of drug-likeness (QED) is 0.850. The van der Waals surface area contributed by atoms with E-state index in [1.807, 2.05) is 0 Å². The zero-order chi connectivity index (χ0) is 13.6. The summed E-state index contributed by atoms with van der Waals surface area (Å²) in [7, 11) is 0. The van der Waals surface area contributed by atoms with Crippen molar-refractivity contribution < 1.29 is 0 Å². The van der Waals surface area contributed by atoms with E-state index in [9.17, 15) is 5.26 Å². The third-order valence-corrected chi connectivity index (χ3v) is 4.86. The monoisotopic (exact) mass is 263 g/mol. The lowest BCUT2D eigenvalue weighted by atomic mass is 9.79. The minimum atomic E-state index is -0.250. The molecule has 1 N–H and O–H groups in total. The number of hydrogen-bond donors (Lipinski definition) is 1. The Bertz CT molecular complexity index is 298. The molecule has 0 spiro atoms. The standard InChI is InChI=1S/C16H29N3/c1-2-18-16(14-17)10-8-9-15(13-16)19-11-6-4-3-5-7-12-19/h15,18H,2-13H2,1H3. The van der Waals surface area contributed by atoms with Crippen LogP contribution >= 0.6 is 0 Å². The second kappa shape index (κ2) is 7.26. The maximum absolute atomic E-state index is 9.56. The van der Waals surface area contributed by atoms with Gasteiger partial charge >= 0.3 is 0 Å². The first-order valence-corrected chi connectivity index (χ1v) is 8.20. The van der Waals surface area contributed by atoms with Crippen LogP contribution in [0.15, 0.2) is 0 Å². The first kappa shape index (κ1) is 14.8. The van der Waals surface area contributed by atoms with Crippen molar-refractivity contribution in [3.05, 3.63) is 0 Å². The molecule has 2 unspecified atom stereocenters. The molecule has 3 heteroatoms. The van der Waals surface area contributed by atoms with E-state index in [4.69, 9.17) is 0 Å². The summed E-state index contributed by atoms with van der Waals surface area (Å²) in [6.45, 7) is 5.51. The van der Waals surface area contributed by atoms with Crippen molar-refractivity contribution in [2.24, 2.45) is 0 Å². The van der Waals surface area contributed by atoms with Gasteiger partial charge in [-0.25, -0.2) is 0 Å². The fraction of sp³-hybridized carbons (Fsp3) is 0.938. The van der Waals surface area contributed by atoms with Crippen LogP contribution in [0.3, 0.4) is 0 Å². The van der Waals surface area contributed by atoms with Gasteiger partial charge in [-0.2, -0.15) is 5.26 Å². The van der Waals surface area contributed by atoms with E-state index in [1.165, 1.54) is 58.0 Å². The highest BCUT2D eigenvalue weighted by Gasteiger charge is 2.37. The van der Waals surface area contributed by atoms with Gasteiger partial charge in [0.15, 0.2) is 0 Å². The molecule has 1 aliphatic heterocycles. The SMILES string of the molecule is CCNC1(C#N)CCCC(N2CCCCCCC2)C1. The molecule has 1 heterocycles. The van der Waals surface area contributed by atoms with Crippen LogP contribution in [-0.2, 0) is 0 Å². The van der Waals surface area contributed by atoms with E-state index in [-0.39, 0.29) is 5.54 Å². The molecule has 2 fully saturated rings. The lowest BCUT2D eigenvalue weighted by molar-refractivity contribution is 0.111. The van der Waals surface area contributed by atoms with E-state index >= 15 is 0 Å². The predicted octanol–water partition coefficient (Wildman–Crippen LogP) is 3.07. The number of nitrogens with zero attached hydrogens (tertiary/aromatic N) is 2. The van der Waals surface area contributed by atoms with Gasteiger partial charge in [-0.3, -0.25) is 5.32 Å². The summed E-state index contributed by atoms with van der Waals surface area (Å²) in [6, 6.07) is 3.21. The van der Waals surface area contributed by atoms with Gasteiger partial charge in [0.05, 0.1) is 6.07 Å². The Morgan fingerprint density at radius 3 is 2.47 bits per heavy atom. The molecular formula is C16H29N3. The second-order valence-electron chi connectivity index (χ2n) is 6.28. The molecule has 2 rings (SSSR count). The van der Waals surface area contributed by atoms with E-state index in [1.54, 1.807) is 0 Å². The van der Waals surface area contributed by atoms with Crippen molar-refractivity contribution in [2.75, 3.05) is 19.6 Å². The average molecular weight is 263 g/mol. The van der Waals surface area contributed by atoms with E-state index in [2.05, 4.69) is 23.2 Å². The van der Waals surface area contributed by atoms with Gasteiger partial charge in [0.25, 0.3) is 0 Å². The fourth-order valence-corrected chi connectivity index (χ4v) is 3.83. The molecule has 0 radical (unpaired) electrons. The van der Waals surface area contributed by atoms with Crippen molar-refractivity contribution in [1.29, 1.82) is 5.26 Å². The lowest BCUT2D eigenvalue weighted by Gasteiger charge is -2.42. The smallest absolute Gasteiger partial charge is 0.108 e. The summed E-state index contributed by atoms with van der Waals surface area (Å²) in [4.78, 5) is 2.68. The molecule has 19 heavy (non-hydrogen) atoms. The fourth-order valence-electron chi connectivity index (χ4n) is 3.83. The number of nitriles is 1. The highest BCUT2D eigenvalue weighted by molar-refractivity contribution is 5.11. The lowest BCUT2D eigenvalue weighted by Crippen LogP contribution is -2.53. The van der Waals surface area contributed by atoms with Crippen LogP contribution in [0.1, 0.15) is 64.7 Å². The summed E-state index contributed by atoms with van der Waals surface area (Å²) >= 11 is 0. The van der Waals surface area contributed by atoms with Gasteiger partial charge in [-0.05, 0) is 58.2 Å². The molecule has 0 aromatic rings. The molecule has 1 saturated carbocycles. The summed E-state index contributed by atoms with van der Waals surface area (Å²) in [6.07, 6.45) is 11.4. The van der Waals surface area contributed by atoms with Crippen molar-refractivity contribution >= 4 is 0 Å². The van der Waals surface area contributed by atoms with Crippen molar-refractivity contribution in [1.82, 2.24) is 10.2 Å². The van der Waals surface area contributed by atoms with Crippen molar-refractivity contribution in [2.45, 2.75) is 76.3 Å². The molecule has 2 aliphatic rings.